The highest BCUT2D eigenvalue weighted by molar-refractivity contribution is 5.76. The van der Waals surface area contributed by atoms with Crippen LogP contribution >= 0.6 is 0 Å². The number of rotatable bonds is 6. The van der Waals surface area contributed by atoms with E-state index in [1.807, 2.05) is 31.2 Å². The first-order valence-corrected chi connectivity index (χ1v) is 6.45. The molecule has 0 unspecified atom stereocenters. The Morgan fingerprint density at radius 1 is 1.22 bits per heavy atom. The second kappa shape index (κ2) is 7.04. The average Bonchev–Trinajstić information content (AvgIpc) is 2.36. The van der Waals surface area contributed by atoms with Gasteiger partial charge >= 0.3 is 0 Å². The van der Waals surface area contributed by atoms with Crippen molar-refractivity contribution >= 4 is 5.91 Å². The lowest BCUT2D eigenvalue weighted by Crippen LogP contribution is -2.36. The molecule has 100 valence electrons. The van der Waals surface area contributed by atoms with Crippen LogP contribution in [0.1, 0.15) is 32.8 Å². The number of amides is 1. The third-order valence-corrected chi connectivity index (χ3v) is 3.19. The van der Waals surface area contributed by atoms with Gasteiger partial charge in [0.15, 0.2) is 0 Å². The van der Waals surface area contributed by atoms with Crippen LogP contribution in [-0.4, -0.2) is 19.1 Å². The Bertz CT molecular complexity index is 371. The fourth-order valence-corrected chi connectivity index (χ4v) is 1.54. The summed E-state index contributed by atoms with van der Waals surface area (Å²) in [6.07, 6.45) is 1.30. The van der Waals surface area contributed by atoms with Gasteiger partial charge in [-0.15, -0.1) is 0 Å². The predicted molar refractivity (Wildman–Crippen MR) is 73.8 cm³/mol. The molecule has 1 atom stereocenters. The lowest BCUT2D eigenvalue weighted by molar-refractivity contribution is -0.121. The van der Waals surface area contributed by atoms with E-state index in [1.165, 1.54) is 0 Å². The molecule has 0 saturated heterocycles. The van der Waals surface area contributed by atoms with Crippen molar-refractivity contribution in [3.63, 3.8) is 0 Å². The molecule has 0 heterocycles. The molecular weight excluding hydrogens is 226 g/mol. The molecule has 0 spiro atoms. The van der Waals surface area contributed by atoms with Gasteiger partial charge in [0.05, 0.1) is 7.11 Å². The molecule has 1 rings (SSSR count). The topological polar surface area (TPSA) is 38.3 Å². The number of aryl methyl sites for hydroxylation is 1. The molecule has 0 aliphatic heterocycles. The van der Waals surface area contributed by atoms with Crippen molar-refractivity contribution in [1.29, 1.82) is 0 Å². The molecule has 0 aromatic heterocycles. The van der Waals surface area contributed by atoms with Gasteiger partial charge in [-0.2, -0.15) is 0 Å². The van der Waals surface area contributed by atoms with Crippen LogP contribution < -0.4 is 10.1 Å². The van der Waals surface area contributed by atoms with E-state index in [4.69, 9.17) is 4.74 Å². The highest BCUT2D eigenvalue weighted by Gasteiger charge is 2.10. The summed E-state index contributed by atoms with van der Waals surface area (Å²) in [4.78, 5) is 11.7. The summed E-state index contributed by atoms with van der Waals surface area (Å²) < 4.78 is 5.09. The van der Waals surface area contributed by atoms with Crippen LogP contribution in [0.4, 0.5) is 0 Å². The second-order valence-electron chi connectivity index (χ2n) is 4.95. The zero-order valence-corrected chi connectivity index (χ0v) is 11.7. The molecule has 18 heavy (non-hydrogen) atoms. The van der Waals surface area contributed by atoms with E-state index >= 15 is 0 Å². The minimum absolute atomic E-state index is 0.118. The molecule has 1 amide bonds. The summed E-state index contributed by atoms with van der Waals surface area (Å²) in [6.45, 7) is 6.25. The van der Waals surface area contributed by atoms with Crippen LogP contribution in [0, 0.1) is 5.92 Å². The summed E-state index contributed by atoms with van der Waals surface area (Å²) in [5.41, 5.74) is 1.16. The quantitative estimate of drug-likeness (QED) is 0.842. The van der Waals surface area contributed by atoms with Crippen molar-refractivity contribution in [3.8, 4) is 5.75 Å². The van der Waals surface area contributed by atoms with Crippen molar-refractivity contribution in [3.05, 3.63) is 29.8 Å². The molecule has 0 fully saturated rings. The van der Waals surface area contributed by atoms with Crippen LogP contribution in [0.15, 0.2) is 24.3 Å². The third-order valence-electron chi connectivity index (χ3n) is 3.19. The number of benzene rings is 1. The summed E-state index contributed by atoms with van der Waals surface area (Å²) in [6, 6.07) is 8.07. The van der Waals surface area contributed by atoms with Crippen LogP contribution in [-0.2, 0) is 11.2 Å². The number of carbonyl (C=O) groups is 1. The lowest BCUT2D eigenvalue weighted by atomic mass is 10.1. The molecule has 3 heteroatoms. The van der Waals surface area contributed by atoms with E-state index in [1.54, 1.807) is 7.11 Å². The van der Waals surface area contributed by atoms with E-state index in [0.717, 1.165) is 17.7 Å². The van der Waals surface area contributed by atoms with Crippen molar-refractivity contribution in [2.75, 3.05) is 7.11 Å². The van der Waals surface area contributed by atoms with Crippen molar-refractivity contribution in [1.82, 2.24) is 5.32 Å². The number of hydrogen-bond acceptors (Lipinski definition) is 2. The Morgan fingerprint density at radius 2 is 1.83 bits per heavy atom. The second-order valence-corrected chi connectivity index (χ2v) is 4.95. The van der Waals surface area contributed by atoms with Gasteiger partial charge in [0, 0.05) is 12.5 Å². The minimum Gasteiger partial charge on any atom is -0.497 e. The lowest BCUT2D eigenvalue weighted by Gasteiger charge is -2.17. The summed E-state index contributed by atoms with van der Waals surface area (Å²) in [5.74, 6) is 1.43. The van der Waals surface area contributed by atoms with E-state index < -0.39 is 0 Å². The van der Waals surface area contributed by atoms with Gasteiger partial charge in [-0.1, -0.05) is 26.0 Å². The fourth-order valence-electron chi connectivity index (χ4n) is 1.54. The fraction of sp³-hybridized carbons (Fsp3) is 0.533. The maximum atomic E-state index is 11.7. The first-order chi connectivity index (χ1) is 8.52. The number of carbonyl (C=O) groups excluding carboxylic acids is 1. The predicted octanol–water partition coefficient (Wildman–Crippen LogP) is 2.79. The Kier molecular flexibility index (Phi) is 5.69. The van der Waals surface area contributed by atoms with Crippen molar-refractivity contribution in [2.45, 2.75) is 39.7 Å². The normalized spacial score (nSPS) is 12.3. The summed E-state index contributed by atoms with van der Waals surface area (Å²) >= 11 is 0. The van der Waals surface area contributed by atoms with E-state index in [-0.39, 0.29) is 11.9 Å². The van der Waals surface area contributed by atoms with Crippen molar-refractivity contribution < 1.29 is 9.53 Å². The van der Waals surface area contributed by atoms with Gasteiger partial charge in [0.2, 0.25) is 5.91 Å². The van der Waals surface area contributed by atoms with Gasteiger partial charge in [0.25, 0.3) is 0 Å². The zero-order valence-electron chi connectivity index (χ0n) is 11.7. The molecule has 1 aromatic carbocycles. The smallest absolute Gasteiger partial charge is 0.220 e. The molecule has 0 radical (unpaired) electrons. The first-order valence-electron chi connectivity index (χ1n) is 6.45. The standard InChI is InChI=1S/C15H23NO2/c1-11(2)12(3)16-15(17)10-7-13-5-8-14(18-4)9-6-13/h5-6,8-9,11-12H,7,10H2,1-4H3,(H,16,17)/t12-/m1/s1. The van der Waals surface area contributed by atoms with Gasteiger partial charge in [-0.05, 0) is 37.0 Å². The van der Waals surface area contributed by atoms with Crippen LogP contribution in [0.25, 0.3) is 0 Å². The highest BCUT2D eigenvalue weighted by Crippen LogP contribution is 2.12. The summed E-state index contributed by atoms with van der Waals surface area (Å²) in [7, 11) is 1.65. The molecule has 1 aromatic rings. The Morgan fingerprint density at radius 3 is 2.33 bits per heavy atom. The van der Waals surface area contributed by atoms with Crippen LogP contribution in [0.2, 0.25) is 0 Å². The maximum absolute atomic E-state index is 11.7. The Labute approximate surface area is 110 Å². The average molecular weight is 249 g/mol. The zero-order chi connectivity index (χ0) is 13.5. The molecule has 0 aliphatic rings. The van der Waals surface area contributed by atoms with Gasteiger partial charge in [-0.3, -0.25) is 4.79 Å². The van der Waals surface area contributed by atoms with Gasteiger partial charge < -0.3 is 10.1 Å². The molecule has 0 bridgehead atoms. The maximum Gasteiger partial charge on any atom is 0.220 e. The number of hydrogen-bond donors (Lipinski definition) is 1. The Hall–Kier alpha value is -1.51. The number of ether oxygens (including phenoxy) is 1. The van der Waals surface area contributed by atoms with E-state index in [2.05, 4.69) is 19.2 Å². The largest absolute Gasteiger partial charge is 0.497 e. The van der Waals surface area contributed by atoms with Crippen LogP contribution in [0.5, 0.6) is 5.75 Å². The molecule has 0 aliphatic carbocycles. The summed E-state index contributed by atoms with van der Waals surface area (Å²) in [5, 5.41) is 3.01. The van der Waals surface area contributed by atoms with E-state index in [9.17, 15) is 4.79 Å². The number of methoxy groups -OCH3 is 1. The minimum atomic E-state index is 0.118. The molecular formula is C15H23NO2. The Balaban J connectivity index is 2.37. The SMILES string of the molecule is COc1ccc(CCC(=O)N[C@H](C)C(C)C)cc1. The van der Waals surface area contributed by atoms with Gasteiger partial charge in [0.1, 0.15) is 5.75 Å². The number of nitrogens with one attached hydrogen (secondary N) is 1. The third kappa shape index (κ3) is 4.78. The molecule has 0 saturated carbocycles. The van der Waals surface area contributed by atoms with Crippen molar-refractivity contribution in [2.24, 2.45) is 5.92 Å². The molecule has 3 nitrogen and oxygen atoms in total. The monoisotopic (exact) mass is 249 g/mol. The first kappa shape index (κ1) is 14.6. The van der Waals surface area contributed by atoms with Crippen LogP contribution in [0.3, 0.4) is 0 Å². The highest BCUT2D eigenvalue weighted by atomic mass is 16.5. The van der Waals surface area contributed by atoms with Gasteiger partial charge in [-0.25, -0.2) is 0 Å². The molecule has 1 N–H and O–H groups in total. The van der Waals surface area contributed by atoms with E-state index in [0.29, 0.717) is 12.3 Å².